The van der Waals surface area contributed by atoms with Gasteiger partial charge in [0.2, 0.25) is 5.91 Å². The van der Waals surface area contributed by atoms with Crippen LogP contribution in [0.1, 0.15) is 18.9 Å². The molecule has 6 nitrogen and oxygen atoms in total. The van der Waals surface area contributed by atoms with E-state index < -0.39 is 6.10 Å². The number of benzene rings is 2. The number of carbonyl (C=O) groups excluding carboxylic acids is 2. The van der Waals surface area contributed by atoms with Crippen molar-refractivity contribution in [2.75, 3.05) is 24.6 Å². The van der Waals surface area contributed by atoms with Gasteiger partial charge in [0.05, 0.1) is 12.3 Å². The highest BCUT2D eigenvalue weighted by Gasteiger charge is 2.31. The average Bonchev–Trinajstić information content (AvgIpc) is 2.69. The van der Waals surface area contributed by atoms with Crippen LogP contribution in [0.3, 0.4) is 0 Å². The molecule has 2 aromatic carbocycles. The molecule has 7 heteroatoms. The number of aliphatic hydroxyl groups is 1. The van der Waals surface area contributed by atoms with E-state index in [1.165, 1.54) is 0 Å². The molecule has 0 saturated heterocycles. The number of carbonyl (C=O) groups is 2. The van der Waals surface area contributed by atoms with Crippen LogP contribution < -0.4 is 9.64 Å². The molecule has 1 aliphatic heterocycles. The van der Waals surface area contributed by atoms with Crippen LogP contribution in [0, 0.1) is 0 Å². The first-order valence-electron chi connectivity index (χ1n) is 9.20. The molecule has 0 saturated carbocycles. The van der Waals surface area contributed by atoms with Crippen molar-refractivity contribution in [3.63, 3.8) is 0 Å². The van der Waals surface area contributed by atoms with Gasteiger partial charge in [0.25, 0.3) is 5.91 Å². The van der Waals surface area contributed by atoms with Gasteiger partial charge in [-0.2, -0.15) is 0 Å². The van der Waals surface area contributed by atoms with Crippen molar-refractivity contribution in [1.29, 1.82) is 0 Å². The molecule has 0 radical (unpaired) electrons. The van der Waals surface area contributed by atoms with Crippen molar-refractivity contribution >= 4 is 33.4 Å². The predicted octanol–water partition coefficient (Wildman–Crippen LogP) is 2.97. The minimum atomic E-state index is -0.584. The van der Waals surface area contributed by atoms with Crippen LogP contribution in [0.2, 0.25) is 0 Å². The van der Waals surface area contributed by atoms with Gasteiger partial charge in [0.15, 0.2) is 6.10 Å². The maximum absolute atomic E-state index is 12.8. The highest BCUT2D eigenvalue weighted by atomic mass is 79.9. The lowest BCUT2D eigenvalue weighted by Crippen LogP contribution is -2.46. The molecule has 2 aromatic rings. The van der Waals surface area contributed by atoms with Crippen LogP contribution in [-0.2, 0) is 16.1 Å². The van der Waals surface area contributed by atoms with Gasteiger partial charge in [-0.05, 0) is 30.7 Å². The van der Waals surface area contributed by atoms with E-state index >= 15 is 0 Å². The maximum atomic E-state index is 12.8. The van der Waals surface area contributed by atoms with Gasteiger partial charge in [-0.15, -0.1) is 0 Å². The fourth-order valence-corrected chi connectivity index (χ4v) is 3.61. The molecule has 3 rings (SSSR count). The van der Waals surface area contributed by atoms with Crippen molar-refractivity contribution < 1.29 is 19.4 Å². The Labute approximate surface area is 172 Å². The van der Waals surface area contributed by atoms with Crippen LogP contribution in [0.15, 0.2) is 53.0 Å². The standard InChI is InChI=1S/C21H23BrN2O4/c1-15-21(27)24(18-8-4-5-9-19(18)28-15)11-10-20(26)23(12-13-25)14-16-6-2-3-7-17(16)22/h2-9,15,25H,10-14H2,1H3. The highest BCUT2D eigenvalue weighted by Crippen LogP contribution is 2.33. The van der Waals surface area contributed by atoms with E-state index in [9.17, 15) is 14.7 Å². The minimum absolute atomic E-state index is 0.116. The molecule has 0 bridgehead atoms. The van der Waals surface area contributed by atoms with Gasteiger partial charge in [-0.1, -0.05) is 46.3 Å². The molecule has 1 atom stereocenters. The van der Waals surface area contributed by atoms with Gasteiger partial charge in [0.1, 0.15) is 5.75 Å². The number of fused-ring (bicyclic) bond motifs is 1. The summed E-state index contributed by atoms with van der Waals surface area (Å²) in [5.74, 6) is 0.364. The fraction of sp³-hybridized carbons (Fsp3) is 0.333. The normalized spacial score (nSPS) is 15.8. The van der Waals surface area contributed by atoms with Crippen LogP contribution in [0.5, 0.6) is 5.75 Å². The molecule has 28 heavy (non-hydrogen) atoms. The third-order valence-electron chi connectivity index (χ3n) is 4.66. The minimum Gasteiger partial charge on any atom is -0.479 e. The highest BCUT2D eigenvalue weighted by molar-refractivity contribution is 9.10. The van der Waals surface area contributed by atoms with Gasteiger partial charge in [-0.25, -0.2) is 0 Å². The summed E-state index contributed by atoms with van der Waals surface area (Å²) in [6.07, 6.45) is -0.420. The average molecular weight is 447 g/mol. The van der Waals surface area contributed by atoms with Gasteiger partial charge in [-0.3, -0.25) is 9.59 Å². The second-order valence-corrected chi connectivity index (χ2v) is 7.45. The van der Waals surface area contributed by atoms with Gasteiger partial charge >= 0.3 is 0 Å². The molecule has 1 N–H and O–H groups in total. The first kappa shape index (κ1) is 20.4. The smallest absolute Gasteiger partial charge is 0.267 e. The summed E-state index contributed by atoms with van der Waals surface area (Å²) in [6, 6.07) is 15.0. The predicted molar refractivity (Wildman–Crippen MR) is 110 cm³/mol. The van der Waals surface area contributed by atoms with Gasteiger partial charge < -0.3 is 19.6 Å². The van der Waals surface area contributed by atoms with Crippen LogP contribution >= 0.6 is 15.9 Å². The number of halogens is 1. The summed E-state index contributed by atoms with van der Waals surface area (Å²) in [5.41, 5.74) is 1.64. The Morgan fingerprint density at radius 1 is 1.21 bits per heavy atom. The number of aliphatic hydroxyl groups excluding tert-OH is 1. The van der Waals surface area contributed by atoms with Crippen molar-refractivity contribution in [2.24, 2.45) is 0 Å². The number of anilines is 1. The van der Waals surface area contributed by atoms with E-state index in [-0.39, 0.29) is 37.9 Å². The summed E-state index contributed by atoms with van der Waals surface area (Å²) in [6.45, 7) is 2.49. The zero-order chi connectivity index (χ0) is 20.1. The van der Waals surface area contributed by atoms with Crippen molar-refractivity contribution in [2.45, 2.75) is 26.0 Å². The van der Waals surface area contributed by atoms with E-state index in [0.717, 1.165) is 10.0 Å². The summed E-state index contributed by atoms with van der Waals surface area (Å²) in [5, 5.41) is 9.37. The number of ether oxygens (including phenoxy) is 1. The topological polar surface area (TPSA) is 70.1 Å². The van der Waals surface area contributed by atoms with E-state index in [4.69, 9.17) is 4.74 Å². The van der Waals surface area contributed by atoms with Crippen LogP contribution in [0.25, 0.3) is 0 Å². The number of para-hydroxylation sites is 2. The third-order valence-corrected chi connectivity index (χ3v) is 5.44. The lowest BCUT2D eigenvalue weighted by atomic mass is 10.1. The lowest BCUT2D eigenvalue weighted by Gasteiger charge is -2.33. The Morgan fingerprint density at radius 3 is 2.68 bits per heavy atom. The lowest BCUT2D eigenvalue weighted by molar-refractivity contribution is -0.132. The molecule has 148 valence electrons. The molecule has 1 aliphatic rings. The quantitative estimate of drug-likeness (QED) is 0.709. The largest absolute Gasteiger partial charge is 0.479 e. The number of hydrogen-bond acceptors (Lipinski definition) is 4. The molecular formula is C21H23BrN2O4. The summed E-state index contributed by atoms with van der Waals surface area (Å²) in [7, 11) is 0. The first-order chi connectivity index (χ1) is 13.5. The number of nitrogens with zero attached hydrogens (tertiary/aromatic N) is 2. The number of rotatable bonds is 7. The number of amides is 2. The molecule has 1 heterocycles. The van der Waals surface area contributed by atoms with Crippen LogP contribution in [0.4, 0.5) is 5.69 Å². The van der Waals surface area contributed by atoms with E-state index in [1.807, 2.05) is 48.5 Å². The Hall–Kier alpha value is -2.38. The monoisotopic (exact) mass is 446 g/mol. The molecule has 0 spiro atoms. The third kappa shape index (κ3) is 4.54. The molecular weight excluding hydrogens is 424 g/mol. The Bertz CT molecular complexity index is 858. The van der Waals surface area contributed by atoms with Crippen molar-refractivity contribution in [3.8, 4) is 5.75 Å². The molecule has 0 aliphatic carbocycles. The Balaban J connectivity index is 1.70. The van der Waals surface area contributed by atoms with Gasteiger partial charge in [0, 0.05) is 30.5 Å². The molecule has 2 amide bonds. The second kappa shape index (κ2) is 9.21. The van der Waals surface area contributed by atoms with E-state index in [0.29, 0.717) is 18.0 Å². The number of hydrogen-bond donors (Lipinski definition) is 1. The molecule has 0 fully saturated rings. The van der Waals surface area contributed by atoms with E-state index in [1.54, 1.807) is 16.7 Å². The SMILES string of the molecule is CC1Oc2ccccc2N(CCC(=O)N(CCO)Cc2ccccc2Br)C1=O. The second-order valence-electron chi connectivity index (χ2n) is 6.60. The zero-order valence-corrected chi connectivity index (χ0v) is 17.3. The molecule has 1 unspecified atom stereocenters. The molecule has 0 aromatic heterocycles. The van der Waals surface area contributed by atoms with Crippen LogP contribution in [-0.4, -0.2) is 47.6 Å². The fourth-order valence-electron chi connectivity index (χ4n) is 3.20. The maximum Gasteiger partial charge on any atom is 0.267 e. The Kier molecular flexibility index (Phi) is 6.70. The zero-order valence-electron chi connectivity index (χ0n) is 15.7. The van der Waals surface area contributed by atoms with Crippen molar-refractivity contribution in [1.82, 2.24) is 4.90 Å². The summed E-state index contributed by atoms with van der Waals surface area (Å²) < 4.78 is 6.55. The first-order valence-corrected chi connectivity index (χ1v) is 9.99. The van der Waals surface area contributed by atoms with Crippen molar-refractivity contribution in [3.05, 3.63) is 58.6 Å². The Morgan fingerprint density at radius 2 is 1.93 bits per heavy atom. The summed E-state index contributed by atoms with van der Waals surface area (Å²) in [4.78, 5) is 28.6. The van der Waals surface area contributed by atoms with E-state index in [2.05, 4.69) is 15.9 Å². The summed E-state index contributed by atoms with van der Waals surface area (Å²) >= 11 is 3.49.